The van der Waals surface area contributed by atoms with E-state index >= 15 is 0 Å². The Morgan fingerprint density at radius 3 is 1.63 bits per heavy atom. The summed E-state index contributed by atoms with van der Waals surface area (Å²) in [5.74, 6) is 5.33. The molecule has 4 saturated carbocycles. The molecule has 4 fully saturated rings. The van der Waals surface area contributed by atoms with Crippen molar-refractivity contribution in [3.63, 3.8) is 0 Å². The first kappa shape index (κ1) is 30.5. The van der Waals surface area contributed by atoms with E-state index in [-0.39, 0.29) is 5.41 Å². The van der Waals surface area contributed by atoms with Gasteiger partial charge in [-0.15, -0.1) is 0 Å². The molecule has 3 nitrogen and oxygen atoms in total. The highest BCUT2D eigenvalue weighted by Crippen LogP contribution is 2.70. The normalized spacial score (nSPS) is 23.3. The highest BCUT2D eigenvalue weighted by atomic mass is 15.0. The number of aromatic nitrogens is 3. The quantitative estimate of drug-likeness (QED) is 0.184. The summed E-state index contributed by atoms with van der Waals surface area (Å²) in [7, 11) is 0. The van der Waals surface area contributed by atoms with Gasteiger partial charge in [0.1, 0.15) is 0 Å². The Morgan fingerprint density at radius 1 is 0.389 bits per heavy atom. The van der Waals surface area contributed by atoms with E-state index in [0.717, 1.165) is 40.4 Å². The zero-order valence-corrected chi connectivity index (χ0v) is 30.1. The van der Waals surface area contributed by atoms with Gasteiger partial charge in [-0.05, 0) is 123 Å². The van der Waals surface area contributed by atoms with E-state index in [1.165, 1.54) is 75.9 Å². The minimum atomic E-state index is 0.119. The Morgan fingerprint density at radius 2 is 0.944 bits per heavy atom. The SMILES string of the molecule is c1ccc(-c2nc(-c3ccccc3)nc(-c3ccc4ccc(-c5cccc6c5-c5c(ccc7ccccc57)C65C6CC7CC(C6)CC5C7)cc4c3)n2)cc1. The standard InChI is InChI=1S/C51H39N3/c1-3-11-35(12-4-1)48-52-49(36-13-5-2-6-14-36)54-50(53-48)38-21-19-33-18-20-37(29-39(33)30-38)43-16-9-17-44-47(43)46-42-15-8-7-10-34(42)22-23-45(46)51(44)40-25-31-24-32(27-40)28-41(51)26-31/h1-23,29-32,40-41H,24-28H2. The largest absolute Gasteiger partial charge is 0.208 e. The molecule has 5 aliphatic carbocycles. The third kappa shape index (κ3) is 4.39. The molecule has 0 atom stereocenters. The van der Waals surface area contributed by atoms with Crippen LogP contribution in [0.3, 0.4) is 0 Å². The van der Waals surface area contributed by atoms with Gasteiger partial charge in [-0.3, -0.25) is 0 Å². The van der Waals surface area contributed by atoms with Crippen molar-refractivity contribution in [2.75, 3.05) is 0 Å². The van der Waals surface area contributed by atoms with Crippen molar-refractivity contribution in [1.29, 1.82) is 0 Å². The number of fused-ring (bicyclic) bond motifs is 6. The first-order chi connectivity index (χ1) is 26.7. The topological polar surface area (TPSA) is 38.7 Å². The Balaban J connectivity index is 1.04. The molecule has 258 valence electrons. The Hall–Kier alpha value is -5.93. The fourth-order valence-electron chi connectivity index (χ4n) is 11.7. The van der Waals surface area contributed by atoms with Gasteiger partial charge in [0.2, 0.25) is 0 Å². The second-order valence-corrected chi connectivity index (χ2v) is 16.4. The van der Waals surface area contributed by atoms with Gasteiger partial charge in [-0.1, -0.05) is 140 Å². The van der Waals surface area contributed by atoms with E-state index in [0.29, 0.717) is 17.5 Å². The molecule has 3 heteroatoms. The molecule has 1 heterocycles. The zero-order valence-electron chi connectivity index (χ0n) is 30.1. The maximum Gasteiger partial charge on any atom is 0.164 e. The fourth-order valence-corrected chi connectivity index (χ4v) is 11.7. The number of hydrogen-bond donors (Lipinski definition) is 0. The van der Waals surface area contributed by atoms with Crippen molar-refractivity contribution >= 4 is 21.5 Å². The fraction of sp³-hybridized carbons (Fsp3) is 0.196. The first-order valence-corrected chi connectivity index (χ1v) is 19.8. The average molecular weight is 694 g/mol. The Bertz CT molecular complexity index is 2700. The minimum Gasteiger partial charge on any atom is -0.208 e. The molecular formula is C51H39N3. The van der Waals surface area contributed by atoms with E-state index in [2.05, 4.69) is 115 Å². The van der Waals surface area contributed by atoms with Crippen LogP contribution in [0.2, 0.25) is 0 Å². The van der Waals surface area contributed by atoms with Crippen LogP contribution in [0.4, 0.5) is 0 Å². The Kier molecular flexibility index (Phi) is 6.52. The predicted molar refractivity (Wildman–Crippen MR) is 220 cm³/mol. The van der Waals surface area contributed by atoms with Gasteiger partial charge in [-0.2, -0.15) is 0 Å². The van der Waals surface area contributed by atoms with Crippen molar-refractivity contribution in [1.82, 2.24) is 15.0 Å². The van der Waals surface area contributed by atoms with E-state index in [9.17, 15) is 0 Å². The third-order valence-electron chi connectivity index (χ3n) is 13.7. The molecule has 0 unspecified atom stereocenters. The summed E-state index contributed by atoms with van der Waals surface area (Å²) < 4.78 is 0. The molecule has 4 bridgehead atoms. The van der Waals surface area contributed by atoms with E-state index < -0.39 is 0 Å². The number of benzene rings is 7. The summed E-state index contributed by atoms with van der Waals surface area (Å²) >= 11 is 0. The predicted octanol–water partition coefficient (Wildman–Crippen LogP) is 12.6. The lowest BCUT2D eigenvalue weighted by Crippen LogP contribution is -2.55. The number of rotatable bonds is 4. The van der Waals surface area contributed by atoms with Gasteiger partial charge in [-0.25, -0.2) is 15.0 Å². The van der Waals surface area contributed by atoms with Crippen LogP contribution >= 0.6 is 0 Å². The molecular weight excluding hydrogens is 655 g/mol. The summed E-state index contributed by atoms with van der Waals surface area (Å²) in [6.45, 7) is 0. The molecule has 0 N–H and O–H groups in total. The second kappa shape index (κ2) is 11.5. The Labute approximate surface area is 315 Å². The maximum absolute atomic E-state index is 5.05. The number of nitrogens with zero attached hydrogens (tertiary/aromatic N) is 3. The maximum atomic E-state index is 5.05. The minimum absolute atomic E-state index is 0.119. The smallest absolute Gasteiger partial charge is 0.164 e. The molecule has 13 rings (SSSR count). The van der Waals surface area contributed by atoms with Crippen molar-refractivity contribution in [3.05, 3.63) is 163 Å². The molecule has 54 heavy (non-hydrogen) atoms. The second-order valence-electron chi connectivity index (χ2n) is 16.4. The third-order valence-corrected chi connectivity index (χ3v) is 13.7. The van der Waals surface area contributed by atoms with Crippen molar-refractivity contribution in [2.45, 2.75) is 37.5 Å². The van der Waals surface area contributed by atoms with Crippen LogP contribution in [0.1, 0.15) is 43.2 Å². The molecule has 8 aromatic rings. The van der Waals surface area contributed by atoms with Crippen LogP contribution in [-0.2, 0) is 5.41 Å². The van der Waals surface area contributed by atoms with Crippen molar-refractivity contribution < 1.29 is 0 Å². The van der Waals surface area contributed by atoms with Gasteiger partial charge < -0.3 is 0 Å². The molecule has 0 aliphatic heterocycles. The van der Waals surface area contributed by atoms with E-state index in [4.69, 9.17) is 15.0 Å². The van der Waals surface area contributed by atoms with Gasteiger partial charge in [0.15, 0.2) is 17.5 Å². The van der Waals surface area contributed by atoms with Crippen LogP contribution in [-0.4, -0.2) is 15.0 Å². The zero-order chi connectivity index (χ0) is 35.4. The lowest BCUT2D eigenvalue weighted by Gasteiger charge is -2.61. The van der Waals surface area contributed by atoms with Crippen LogP contribution in [0.5, 0.6) is 0 Å². The summed E-state index contributed by atoms with van der Waals surface area (Å²) in [4.78, 5) is 15.0. The molecule has 5 aliphatic rings. The molecule has 0 saturated heterocycles. The van der Waals surface area contributed by atoms with Gasteiger partial charge >= 0.3 is 0 Å². The lowest BCUT2D eigenvalue weighted by atomic mass is 9.43. The summed E-state index contributed by atoms with van der Waals surface area (Å²) in [5.41, 5.74) is 11.8. The van der Waals surface area contributed by atoms with Crippen molar-refractivity contribution in [3.8, 4) is 56.4 Å². The summed E-state index contributed by atoms with van der Waals surface area (Å²) in [6, 6.07) is 55.4. The van der Waals surface area contributed by atoms with Gasteiger partial charge in [0.25, 0.3) is 0 Å². The van der Waals surface area contributed by atoms with Crippen LogP contribution < -0.4 is 0 Å². The van der Waals surface area contributed by atoms with Crippen LogP contribution in [0, 0.1) is 23.7 Å². The highest BCUT2D eigenvalue weighted by Gasteiger charge is 2.62. The summed E-state index contributed by atoms with van der Waals surface area (Å²) in [5, 5.41) is 5.13. The highest BCUT2D eigenvalue weighted by molar-refractivity contribution is 6.07. The number of hydrogen-bond acceptors (Lipinski definition) is 3. The lowest BCUT2D eigenvalue weighted by molar-refractivity contribution is -0.0399. The van der Waals surface area contributed by atoms with Gasteiger partial charge in [0.05, 0.1) is 0 Å². The molecule has 0 amide bonds. The molecule has 1 aromatic heterocycles. The molecule has 0 radical (unpaired) electrons. The first-order valence-electron chi connectivity index (χ1n) is 19.8. The van der Waals surface area contributed by atoms with E-state index in [1.54, 1.807) is 11.1 Å². The molecule has 7 aromatic carbocycles. The van der Waals surface area contributed by atoms with Gasteiger partial charge in [0, 0.05) is 22.1 Å². The van der Waals surface area contributed by atoms with E-state index in [1.807, 2.05) is 36.4 Å². The molecule has 1 spiro atoms. The summed E-state index contributed by atoms with van der Waals surface area (Å²) in [6.07, 6.45) is 7.01. The monoisotopic (exact) mass is 693 g/mol. The average Bonchev–Trinajstić information content (AvgIpc) is 3.54. The van der Waals surface area contributed by atoms with Crippen LogP contribution in [0.15, 0.2) is 152 Å². The van der Waals surface area contributed by atoms with Crippen molar-refractivity contribution in [2.24, 2.45) is 23.7 Å². The van der Waals surface area contributed by atoms with Crippen LogP contribution in [0.25, 0.3) is 78.0 Å².